The highest BCUT2D eigenvalue weighted by molar-refractivity contribution is 9.11. The van der Waals surface area contributed by atoms with Crippen molar-refractivity contribution in [2.75, 3.05) is 6.79 Å². The van der Waals surface area contributed by atoms with Gasteiger partial charge in [0.25, 0.3) is 11.8 Å². The van der Waals surface area contributed by atoms with Crippen LogP contribution in [0.25, 0.3) is 6.08 Å². The van der Waals surface area contributed by atoms with Crippen molar-refractivity contribution in [3.63, 3.8) is 0 Å². The molecule has 0 aromatic heterocycles. The molecule has 2 amide bonds. The third-order valence-corrected chi connectivity index (χ3v) is 5.73. The zero-order chi connectivity index (χ0) is 24.1. The monoisotopic (exact) mass is 585 g/mol. The van der Waals surface area contributed by atoms with Gasteiger partial charge in [0.1, 0.15) is 11.4 Å². The van der Waals surface area contributed by atoms with Crippen LogP contribution >= 0.6 is 31.9 Å². The van der Waals surface area contributed by atoms with Crippen molar-refractivity contribution in [3.8, 4) is 17.2 Å². The van der Waals surface area contributed by atoms with E-state index in [2.05, 4.69) is 47.7 Å². The summed E-state index contributed by atoms with van der Waals surface area (Å²) in [6, 6.07) is 17.0. The van der Waals surface area contributed by atoms with Gasteiger partial charge in [-0.2, -0.15) is 5.10 Å². The van der Waals surface area contributed by atoms with E-state index in [9.17, 15) is 14.7 Å². The number of phenolic OH excluding ortho intramolecular Hbond substituents is 1. The number of rotatable bonds is 6. The lowest BCUT2D eigenvalue weighted by molar-refractivity contribution is -0.117. The fourth-order valence-corrected chi connectivity index (χ4v) is 4.28. The molecule has 0 saturated heterocycles. The maximum atomic E-state index is 12.9. The first kappa shape index (κ1) is 23.5. The number of fused-ring (bicyclic) bond motifs is 1. The summed E-state index contributed by atoms with van der Waals surface area (Å²) in [5.41, 5.74) is 3.71. The second-order valence-corrected chi connectivity index (χ2v) is 8.79. The number of hydrazone groups is 1. The van der Waals surface area contributed by atoms with Crippen molar-refractivity contribution in [2.24, 2.45) is 5.10 Å². The number of carbonyl (C=O) groups is 2. The lowest BCUT2D eigenvalue weighted by atomic mass is 10.1. The van der Waals surface area contributed by atoms with E-state index < -0.39 is 11.8 Å². The molecule has 0 unspecified atom stereocenters. The maximum Gasteiger partial charge on any atom is 0.287 e. The van der Waals surface area contributed by atoms with Gasteiger partial charge in [0.2, 0.25) is 6.79 Å². The first-order valence-corrected chi connectivity index (χ1v) is 11.5. The molecule has 1 aliphatic rings. The van der Waals surface area contributed by atoms with Crippen LogP contribution < -0.4 is 20.2 Å². The number of carbonyl (C=O) groups excluding carboxylic acids is 2. The molecule has 0 atom stereocenters. The van der Waals surface area contributed by atoms with Crippen LogP contribution in [0.3, 0.4) is 0 Å². The number of nitrogens with one attached hydrogen (secondary N) is 2. The largest absolute Gasteiger partial charge is 0.506 e. The lowest BCUT2D eigenvalue weighted by Gasteiger charge is -2.10. The highest BCUT2D eigenvalue weighted by atomic mass is 79.9. The highest BCUT2D eigenvalue weighted by Gasteiger charge is 2.17. The van der Waals surface area contributed by atoms with Gasteiger partial charge in [0.05, 0.1) is 10.7 Å². The van der Waals surface area contributed by atoms with Gasteiger partial charge in [-0.25, -0.2) is 5.43 Å². The minimum absolute atomic E-state index is 0.0327. The molecule has 1 aliphatic heterocycles. The predicted molar refractivity (Wildman–Crippen MR) is 134 cm³/mol. The standard InChI is InChI=1S/C24H17Br2N3O5/c25-17-10-16(22(30)18(26)11-17)12-27-29-24(32)19(28-23(31)15-4-2-1-3-5-15)8-14-6-7-20-21(9-14)34-13-33-20/h1-12,30H,13H2,(H,28,31)(H,29,32)/b19-8+,27-12+. The van der Waals surface area contributed by atoms with Crippen LogP contribution in [0.4, 0.5) is 0 Å². The quantitative estimate of drug-likeness (QED) is 0.223. The van der Waals surface area contributed by atoms with Crippen molar-refractivity contribution < 1.29 is 24.2 Å². The Labute approximate surface area is 211 Å². The summed E-state index contributed by atoms with van der Waals surface area (Å²) in [6.07, 6.45) is 2.79. The van der Waals surface area contributed by atoms with E-state index in [-0.39, 0.29) is 18.2 Å². The molecule has 3 aromatic carbocycles. The lowest BCUT2D eigenvalue weighted by Crippen LogP contribution is -2.32. The van der Waals surface area contributed by atoms with E-state index in [1.165, 1.54) is 12.3 Å². The average molecular weight is 587 g/mol. The number of halogens is 2. The predicted octanol–water partition coefficient (Wildman–Crippen LogP) is 4.57. The molecule has 4 rings (SSSR count). The molecule has 0 aliphatic carbocycles. The van der Waals surface area contributed by atoms with Crippen LogP contribution in [-0.4, -0.2) is 29.9 Å². The Hall–Kier alpha value is -3.63. The average Bonchev–Trinajstić information content (AvgIpc) is 3.30. The van der Waals surface area contributed by atoms with Crippen molar-refractivity contribution in [3.05, 3.63) is 92.0 Å². The Balaban J connectivity index is 1.58. The first-order chi connectivity index (χ1) is 16.4. The van der Waals surface area contributed by atoms with E-state index >= 15 is 0 Å². The van der Waals surface area contributed by atoms with Gasteiger partial charge in [-0.3, -0.25) is 9.59 Å². The van der Waals surface area contributed by atoms with Crippen LogP contribution in [-0.2, 0) is 4.79 Å². The molecule has 3 N–H and O–H groups in total. The van der Waals surface area contributed by atoms with Gasteiger partial charge >= 0.3 is 0 Å². The molecule has 1 heterocycles. The summed E-state index contributed by atoms with van der Waals surface area (Å²) < 4.78 is 11.9. The summed E-state index contributed by atoms with van der Waals surface area (Å²) in [5.74, 6) is -0.0144. The molecule has 0 radical (unpaired) electrons. The topological polar surface area (TPSA) is 109 Å². The van der Waals surface area contributed by atoms with Crippen LogP contribution in [0.1, 0.15) is 21.5 Å². The third-order valence-electron chi connectivity index (χ3n) is 4.66. The Bertz CT molecular complexity index is 1310. The fourth-order valence-electron chi connectivity index (χ4n) is 3.02. The second kappa shape index (κ2) is 10.5. The molecule has 0 saturated carbocycles. The van der Waals surface area contributed by atoms with E-state index in [4.69, 9.17) is 9.47 Å². The molecule has 8 nitrogen and oxygen atoms in total. The van der Waals surface area contributed by atoms with Gasteiger partial charge in [-0.15, -0.1) is 0 Å². The fraction of sp³-hybridized carbons (Fsp3) is 0.0417. The van der Waals surface area contributed by atoms with Gasteiger partial charge in [-0.05, 0) is 64.0 Å². The minimum atomic E-state index is -0.660. The Morgan fingerprint density at radius 2 is 1.76 bits per heavy atom. The van der Waals surface area contributed by atoms with Gasteiger partial charge < -0.3 is 19.9 Å². The molecule has 0 fully saturated rings. The summed E-state index contributed by atoms with van der Waals surface area (Å²) in [5, 5.41) is 16.7. The number of amides is 2. The number of hydrogen-bond acceptors (Lipinski definition) is 6. The molecular weight excluding hydrogens is 570 g/mol. The van der Waals surface area contributed by atoms with Crippen LogP contribution in [0.2, 0.25) is 0 Å². The number of ether oxygens (including phenoxy) is 2. The highest BCUT2D eigenvalue weighted by Crippen LogP contribution is 2.33. The Morgan fingerprint density at radius 3 is 2.56 bits per heavy atom. The maximum absolute atomic E-state index is 12.9. The van der Waals surface area contributed by atoms with E-state index in [0.717, 1.165) is 0 Å². The number of hydrogen-bond donors (Lipinski definition) is 3. The molecule has 0 spiro atoms. The molecule has 172 valence electrons. The number of phenols is 1. The van der Waals surface area contributed by atoms with Crippen LogP contribution in [0.15, 0.2) is 80.4 Å². The number of nitrogens with zero attached hydrogens (tertiary/aromatic N) is 1. The normalized spacial score (nSPS) is 12.6. The Morgan fingerprint density at radius 1 is 1.00 bits per heavy atom. The summed E-state index contributed by atoms with van der Waals surface area (Å²) in [6.45, 7) is 0.119. The van der Waals surface area contributed by atoms with Gasteiger partial charge in [-0.1, -0.05) is 40.2 Å². The SMILES string of the molecule is O=C(N/N=C/c1cc(Br)cc(Br)c1O)/C(=C\c1ccc2c(c1)OCO2)NC(=O)c1ccccc1. The number of benzene rings is 3. The van der Waals surface area contributed by atoms with E-state index in [1.54, 1.807) is 60.7 Å². The molecule has 34 heavy (non-hydrogen) atoms. The third kappa shape index (κ3) is 5.64. The van der Waals surface area contributed by atoms with Gasteiger partial charge in [0, 0.05) is 15.6 Å². The zero-order valence-electron chi connectivity index (χ0n) is 17.4. The Kier molecular flexibility index (Phi) is 7.29. The second-order valence-electron chi connectivity index (χ2n) is 7.02. The van der Waals surface area contributed by atoms with Crippen molar-refractivity contribution in [1.29, 1.82) is 0 Å². The molecular formula is C24H17Br2N3O5. The summed E-state index contributed by atoms with van der Waals surface area (Å²) in [7, 11) is 0. The smallest absolute Gasteiger partial charge is 0.287 e. The van der Waals surface area contributed by atoms with E-state index in [0.29, 0.717) is 37.1 Å². The van der Waals surface area contributed by atoms with Crippen LogP contribution in [0, 0.1) is 0 Å². The number of aromatic hydroxyl groups is 1. The molecule has 3 aromatic rings. The van der Waals surface area contributed by atoms with Gasteiger partial charge in [0.15, 0.2) is 11.5 Å². The zero-order valence-corrected chi connectivity index (χ0v) is 20.6. The summed E-state index contributed by atoms with van der Waals surface area (Å²) >= 11 is 6.58. The van der Waals surface area contributed by atoms with Crippen molar-refractivity contribution in [2.45, 2.75) is 0 Å². The molecule has 10 heteroatoms. The summed E-state index contributed by atoms with van der Waals surface area (Å²) in [4.78, 5) is 25.6. The molecule has 0 bridgehead atoms. The van der Waals surface area contributed by atoms with Crippen LogP contribution in [0.5, 0.6) is 17.2 Å². The van der Waals surface area contributed by atoms with E-state index in [1.807, 2.05) is 0 Å². The minimum Gasteiger partial charge on any atom is -0.506 e. The first-order valence-electron chi connectivity index (χ1n) is 9.90. The van der Waals surface area contributed by atoms with Crippen molar-refractivity contribution >= 4 is 56.0 Å². The van der Waals surface area contributed by atoms with Crippen molar-refractivity contribution in [1.82, 2.24) is 10.7 Å².